The predicted octanol–water partition coefficient (Wildman–Crippen LogP) is 2.75. The molecule has 0 bridgehead atoms. The Hall–Kier alpha value is -0.830. The van der Waals surface area contributed by atoms with Gasteiger partial charge in [-0.1, -0.05) is 6.92 Å². The highest BCUT2D eigenvalue weighted by atomic mass is 15.3. The van der Waals surface area contributed by atoms with E-state index < -0.39 is 0 Å². The maximum atomic E-state index is 4.64. The van der Waals surface area contributed by atoms with Gasteiger partial charge >= 0.3 is 0 Å². The third-order valence-electron chi connectivity index (χ3n) is 2.81. The van der Waals surface area contributed by atoms with Crippen LogP contribution in [0.5, 0.6) is 0 Å². The van der Waals surface area contributed by atoms with Crippen LogP contribution in [0.4, 0.5) is 0 Å². The Labute approximate surface area is 99.2 Å². The molecule has 0 fully saturated rings. The quantitative estimate of drug-likeness (QED) is 0.795. The van der Waals surface area contributed by atoms with Gasteiger partial charge in [0.1, 0.15) is 0 Å². The van der Waals surface area contributed by atoms with Crippen molar-refractivity contribution in [1.29, 1.82) is 0 Å². The van der Waals surface area contributed by atoms with Gasteiger partial charge in [0, 0.05) is 17.8 Å². The zero-order chi connectivity index (χ0) is 12.3. The van der Waals surface area contributed by atoms with E-state index in [1.807, 2.05) is 0 Å². The predicted molar refractivity (Wildman–Crippen MR) is 68.7 cm³/mol. The Kier molecular flexibility index (Phi) is 4.14. The van der Waals surface area contributed by atoms with Crippen LogP contribution in [0.2, 0.25) is 0 Å². The molecule has 0 aliphatic rings. The topological polar surface area (TPSA) is 29.9 Å². The first-order valence-electron chi connectivity index (χ1n) is 6.14. The van der Waals surface area contributed by atoms with Crippen molar-refractivity contribution >= 4 is 0 Å². The molecule has 0 atom stereocenters. The lowest BCUT2D eigenvalue weighted by Gasteiger charge is -2.21. The van der Waals surface area contributed by atoms with Crippen molar-refractivity contribution in [2.45, 2.75) is 60.0 Å². The number of aromatic nitrogens is 2. The van der Waals surface area contributed by atoms with Crippen LogP contribution in [-0.2, 0) is 12.1 Å². The summed E-state index contributed by atoms with van der Waals surface area (Å²) in [5, 5.41) is 8.08. The molecule has 0 aliphatic carbocycles. The highest BCUT2D eigenvalue weighted by Crippen LogP contribution is 2.20. The molecule has 1 heterocycles. The summed E-state index contributed by atoms with van der Waals surface area (Å²) in [7, 11) is 0. The Morgan fingerprint density at radius 1 is 1.25 bits per heavy atom. The number of aryl methyl sites for hydroxylation is 1. The maximum Gasteiger partial charge on any atom is 0.0641 e. The Balaban J connectivity index is 2.90. The van der Waals surface area contributed by atoms with E-state index in [4.69, 9.17) is 0 Å². The molecule has 1 aromatic heterocycles. The first-order chi connectivity index (χ1) is 7.38. The number of hydrogen-bond acceptors (Lipinski definition) is 2. The average molecular weight is 223 g/mol. The minimum atomic E-state index is 0.0673. The molecule has 1 rings (SSSR count). The minimum absolute atomic E-state index is 0.0673. The van der Waals surface area contributed by atoms with E-state index in [0.717, 1.165) is 18.8 Å². The molecule has 92 valence electrons. The average Bonchev–Trinajstić information content (AvgIpc) is 2.44. The summed E-state index contributed by atoms with van der Waals surface area (Å²) in [6.07, 6.45) is 1.17. The molecule has 0 spiro atoms. The van der Waals surface area contributed by atoms with E-state index in [9.17, 15) is 0 Å². The smallest absolute Gasteiger partial charge is 0.0641 e. The van der Waals surface area contributed by atoms with Gasteiger partial charge in [0.25, 0.3) is 0 Å². The summed E-state index contributed by atoms with van der Waals surface area (Å²) in [5.41, 5.74) is 3.85. The van der Waals surface area contributed by atoms with E-state index in [0.29, 0.717) is 0 Å². The van der Waals surface area contributed by atoms with Crippen LogP contribution in [0.25, 0.3) is 0 Å². The van der Waals surface area contributed by atoms with Crippen LogP contribution in [0.15, 0.2) is 0 Å². The van der Waals surface area contributed by atoms with Crippen molar-refractivity contribution in [2.24, 2.45) is 0 Å². The second-order valence-electron chi connectivity index (χ2n) is 5.41. The molecule has 3 nitrogen and oxygen atoms in total. The maximum absolute atomic E-state index is 4.64. The fourth-order valence-corrected chi connectivity index (χ4v) is 1.97. The number of nitrogens with zero attached hydrogens (tertiary/aromatic N) is 2. The number of rotatable bonds is 4. The van der Waals surface area contributed by atoms with Crippen LogP contribution in [0.3, 0.4) is 0 Å². The zero-order valence-electron chi connectivity index (χ0n) is 11.5. The molecule has 0 aliphatic heterocycles. The Bertz CT molecular complexity index is 345. The molecule has 16 heavy (non-hydrogen) atoms. The van der Waals surface area contributed by atoms with Gasteiger partial charge in [-0.05, 0) is 47.6 Å². The van der Waals surface area contributed by atoms with Crippen LogP contribution in [0.1, 0.15) is 51.1 Å². The van der Waals surface area contributed by atoms with Crippen molar-refractivity contribution in [3.05, 3.63) is 17.0 Å². The van der Waals surface area contributed by atoms with Crippen LogP contribution in [0, 0.1) is 13.8 Å². The normalized spacial score (nSPS) is 12.1. The summed E-state index contributed by atoms with van der Waals surface area (Å²) < 4.78 is 2.13. The molecule has 3 heteroatoms. The lowest BCUT2D eigenvalue weighted by Crippen LogP contribution is -2.24. The summed E-state index contributed by atoms with van der Waals surface area (Å²) in [6.45, 7) is 15.0. The number of hydrogen-bond donors (Lipinski definition) is 1. The summed E-state index contributed by atoms with van der Waals surface area (Å²) in [5.74, 6) is 0. The van der Waals surface area contributed by atoms with E-state index in [-0.39, 0.29) is 5.54 Å². The van der Waals surface area contributed by atoms with Crippen LogP contribution >= 0.6 is 0 Å². The van der Waals surface area contributed by atoms with E-state index >= 15 is 0 Å². The Morgan fingerprint density at radius 3 is 2.31 bits per heavy atom. The lowest BCUT2D eigenvalue weighted by molar-refractivity contribution is 0.346. The van der Waals surface area contributed by atoms with Gasteiger partial charge in [0.2, 0.25) is 0 Å². The lowest BCUT2D eigenvalue weighted by atomic mass is 10.1. The standard InChI is InChI=1S/C13H25N3/c1-7-8-14-9-12-10(2)15-16(11(12)3)13(4,5)6/h14H,7-9H2,1-6H3. The molecule has 0 unspecified atom stereocenters. The van der Waals surface area contributed by atoms with Gasteiger partial charge in [-0.2, -0.15) is 5.10 Å². The third kappa shape index (κ3) is 2.85. The van der Waals surface area contributed by atoms with Crippen molar-refractivity contribution in [3.63, 3.8) is 0 Å². The van der Waals surface area contributed by atoms with Crippen molar-refractivity contribution in [2.75, 3.05) is 6.54 Å². The Morgan fingerprint density at radius 2 is 1.88 bits per heavy atom. The molecule has 0 amide bonds. The number of nitrogens with one attached hydrogen (secondary N) is 1. The highest BCUT2D eigenvalue weighted by Gasteiger charge is 2.20. The molecule has 0 radical (unpaired) electrons. The van der Waals surface area contributed by atoms with Crippen molar-refractivity contribution < 1.29 is 0 Å². The molecule has 0 saturated heterocycles. The molecule has 0 aromatic carbocycles. The molecular formula is C13H25N3. The summed E-state index contributed by atoms with van der Waals surface area (Å²) in [6, 6.07) is 0. The van der Waals surface area contributed by atoms with Crippen molar-refractivity contribution in [1.82, 2.24) is 15.1 Å². The zero-order valence-corrected chi connectivity index (χ0v) is 11.5. The molecule has 1 aromatic rings. The summed E-state index contributed by atoms with van der Waals surface area (Å²) >= 11 is 0. The second-order valence-corrected chi connectivity index (χ2v) is 5.41. The minimum Gasteiger partial charge on any atom is -0.313 e. The SMILES string of the molecule is CCCNCc1c(C)nn(C(C)(C)C)c1C. The van der Waals surface area contributed by atoms with Crippen LogP contribution < -0.4 is 5.32 Å². The molecule has 0 saturated carbocycles. The fraction of sp³-hybridized carbons (Fsp3) is 0.769. The molecular weight excluding hydrogens is 198 g/mol. The first-order valence-corrected chi connectivity index (χ1v) is 6.14. The van der Waals surface area contributed by atoms with Gasteiger partial charge < -0.3 is 5.32 Å². The van der Waals surface area contributed by atoms with E-state index in [1.54, 1.807) is 0 Å². The first kappa shape index (κ1) is 13.2. The second kappa shape index (κ2) is 5.00. The highest BCUT2D eigenvalue weighted by molar-refractivity contribution is 5.25. The van der Waals surface area contributed by atoms with Gasteiger partial charge in [-0.15, -0.1) is 0 Å². The third-order valence-corrected chi connectivity index (χ3v) is 2.81. The van der Waals surface area contributed by atoms with E-state index in [1.165, 1.54) is 17.7 Å². The monoisotopic (exact) mass is 223 g/mol. The van der Waals surface area contributed by atoms with E-state index in [2.05, 4.69) is 56.6 Å². The van der Waals surface area contributed by atoms with Crippen molar-refractivity contribution in [3.8, 4) is 0 Å². The summed E-state index contributed by atoms with van der Waals surface area (Å²) in [4.78, 5) is 0. The molecule has 1 N–H and O–H groups in total. The fourth-order valence-electron chi connectivity index (χ4n) is 1.97. The van der Waals surface area contributed by atoms with Gasteiger partial charge in [0.15, 0.2) is 0 Å². The van der Waals surface area contributed by atoms with Crippen LogP contribution in [-0.4, -0.2) is 16.3 Å². The largest absolute Gasteiger partial charge is 0.313 e. The van der Waals surface area contributed by atoms with Gasteiger partial charge in [-0.25, -0.2) is 0 Å². The van der Waals surface area contributed by atoms with Gasteiger partial charge in [-0.3, -0.25) is 4.68 Å². The van der Waals surface area contributed by atoms with Gasteiger partial charge in [0.05, 0.1) is 11.2 Å².